The predicted octanol–water partition coefficient (Wildman–Crippen LogP) is 1.93. The van der Waals surface area contributed by atoms with Crippen molar-refractivity contribution in [3.05, 3.63) is 15.6 Å². The molecule has 0 atom stereocenters. The van der Waals surface area contributed by atoms with E-state index in [2.05, 4.69) is 23.7 Å². The minimum Gasteiger partial charge on any atom is -0.330 e. The molecule has 2 heterocycles. The monoisotopic (exact) mass is 239 g/mol. The summed E-state index contributed by atoms with van der Waals surface area (Å²) in [5.74, 6) is 0.746. The van der Waals surface area contributed by atoms with E-state index in [1.54, 1.807) is 0 Å². The van der Waals surface area contributed by atoms with E-state index < -0.39 is 0 Å². The average molecular weight is 239 g/mol. The summed E-state index contributed by atoms with van der Waals surface area (Å²) in [6, 6.07) is 0. The number of hydrogen-bond donors (Lipinski definition) is 1. The van der Waals surface area contributed by atoms with Gasteiger partial charge in [0.25, 0.3) is 0 Å². The SMILES string of the molecule is Cc1nc(CN2CCC(CN)CC2)sc1C. The second-order valence-corrected chi connectivity index (χ2v) is 5.99. The lowest BCUT2D eigenvalue weighted by Crippen LogP contribution is -2.35. The van der Waals surface area contributed by atoms with E-state index in [-0.39, 0.29) is 0 Å². The molecule has 1 aromatic rings. The maximum Gasteiger partial charge on any atom is 0.107 e. The van der Waals surface area contributed by atoms with Crippen LogP contribution in [0.2, 0.25) is 0 Å². The zero-order valence-electron chi connectivity index (χ0n) is 10.2. The molecule has 16 heavy (non-hydrogen) atoms. The van der Waals surface area contributed by atoms with E-state index in [4.69, 9.17) is 5.73 Å². The number of aromatic nitrogens is 1. The van der Waals surface area contributed by atoms with E-state index in [0.29, 0.717) is 0 Å². The molecule has 2 N–H and O–H groups in total. The van der Waals surface area contributed by atoms with Gasteiger partial charge in [-0.05, 0) is 52.2 Å². The fourth-order valence-electron chi connectivity index (χ4n) is 2.18. The quantitative estimate of drug-likeness (QED) is 0.876. The molecule has 4 heteroatoms. The molecule has 1 aliphatic rings. The van der Waals surface area contributed by atoms with Crippen LogP contribution in [0, 0.1) is 19.8 Å². The lowest BCUT2D eigenvalue weighted by molar-refractivity contribution is 0.180. The fourth-order valence-corrected chi connectivity index (χ4v) is 3.15. The van der Waals surface area contributed by atoms with Crippen LogP contribution in [0.25, 0.3) is 0 Å². The van der Waals surface area contributed by atoms with Gasteiger partial charge in [-0.1, -0.05) is 0 Å². The Labute approximate surface area is 102 Å². The summed E-state index contributed by atoms with van der Waals surface area (Å²) in [7, 11) is 0. The van der Waals surface area contributed by atoms with Crippen LogP contribution < -0.4 is 5.73 Å². The Morgan fingerprint density at radius 3 is 2.56 bits per heavy atom. The first-order valence-electron chi connectivity index (χ1n) is 6.04. The number of aryl methyl sites for hydroxylation is 2. The van der Waals surface area contributed by atoms with Crippen LogP contribution in [0.15, 0.2) is 0 Å². The van der Waals surface area contributed by atoms with Crippen LogP contribution in [0.5, 0.6) is 0 Å². The zero-order chi connectivity index (χ0) is 11.5. The van der Waals surface area contributed by atoms with Gasteiger partial charge in [0.2, 0.25) is 0 Å². The van der Waals surface area contributed by atoms with Crippen LogP contribution in [0.1, 0.15) is 28.4 Å². The van der Waals surface area contributed by atoms with Crippen molar-refractivity contribution in [2.75, 3.05) is 19.6 Å². The molecular weight excluding hydrogens is 218 g/mol. The zero-order valence-corrected chi connectivity index (χ0v) is 11.0. The molecule has 1 aliphatic heterocycles. The first-order chi connectivity index (χ1) is 7.69. The normalized spacial score (nSPS) is 19.2. The van der Waals surface area contributed by atoms with E-state index in [9.17, 15) is 0 Å². The highest BCUT2D eigenvalue weighted by Gasteiger charge is 2.18. The summed E-state index contributed by atoms with van der Waals surface area (Å²) in [5.41, 5.74) is 6.89. The Morgan fingerprint density at radius 1 is 1.38 bits per heavy atom. The molecule has 0 aliphatic carbocycles. The highest BCUT2D eigenvalue weighted by molar-refractivity contribution is 7.11. The highest BCUT2D eigenvalue weighted by Crippen LogP contribution is 2.21. The second kappa shape index (κ2) is 5.25. The number of thiazole rings is 1. The standard InChI is InChI=1S/C12H21N3S/c1-9-10(2)16-12(14-9)8-15-5-3-11(7-13)4-6-15/h11H,3-8,13H2,1-2H3. The Morgan fingerprint density at radius 2 is 2.06 bits per heavy atom. The van der Waals surface area contributed by atoms with Crippen molar-refractivity contribution in [2.45, 2.75) is 33.2 Å². The first kappa shape index (κ1) is 12.0. The predicted molar refractivity (Wildman–Crippen MR) is 68.6 cm³/mol. The molecule has 0 unspecified atom stereocenters. The van der Waals surface area contributed by atoms with Gasteiger partial charge in [-0.2, -0.15) is 0 Å². The smallest absolute Gasteiger partial charge is 0.107 e. The Hall–Kier alpha value is -0.450. The molecule has 0 amide bonds. The van der Waals surface area contributed by atoms with Gasteiger partial charge < -0.3 is 5.73 Å². The molecule has 1 aromatic heterocycles. The number of hydrogen-bond acceptors (Lipinski definition) is 4. The van der Waals surface area contributed by atoms with Gasteiger partial charge >= 0.3 is 0 Å². The van der Waals surface area contributed by atoms with Crippen molar-refractivity contribution >= 4 is 11.3 Å². The van der Waals surface area contributed by atoms with Gasteiger partial charge in [0, 0.05) is 4.88 Å². The third-order valence-electron chi connectivity index (χ3n) is 3.47. The van der Waals surface area contributed by atoms with Crippen molar-refractivity contribution in [3.8, 4) is 0 Å². The third-order valence-corrected chi connectivity index (χ3v) is 4.53. The number of likely N-dealkylation sites (tertiary alicyclic amines) is 1. The van der Waals surface area contributed by atoms with E-state index in [1.165, 1.54) is 41.5 Å². The highest BCUT2D eigenvalue weighted by atomic mass is 32.1. The van der Waals surface area contributed by atoms with Gasteiger partial charge in [0.1, 0.15) is 5.01 Å². The number of nitrogens with zero attached hydrogens (tertiary/aromatic N) is 2. The lowest BCUT2D eigenvalue weighted by Gasteiger charge is -2.30. The summed E-state index contributed by atoms with van der Waals surface area (Å²) in [4.78, 5) is 8.45. The Bertz CT molecular complexity index is 321. The Balaban J connectivity index is 1.87. The van der Waals surface area contributed by atoms with Gasteiger partial charge in [-0.15, -0.1) is 11.3 Å². The van der Waals surface area contributed by atoms with Crippen molar-refractivity contribution in [2.24, 2.45) is 11.7 Å². The summed E-state index contributed by atoms with van der Waals surface area (Å²) in [6.45, 7) is 8.48. The van der Waals surface area contributed by atoms with Crippen molar-refractivity contribution in [1.29, 1.82) is 0 Å². The molecule has 0 saturated carbocycles. The summed E-state index contributed by atoms with van der Waals surface area (Å²) < 4.78 is 0. The maximum atomic E-state index is 5.70. The first-order valence-corrected chi connectivity index (χ1v) is 6.86. The van der Waals surface area contributed by atoms with Gasteiger partial charge in [0.05, 0.1) is 12.2 Å². The topological polar surface area (TPSA) is 42.2 Å². The average Bonchev–Trinajstić information content (AvgIpc) is 2.59. The number of rotatable bonds is 3. The van der Waals surface area contributed by atoms with Gasteiger partial charge in [-0.3, -0.25) is 4.90 Å². The van der Waals surface area contributed by atoms with Crippen LogP contribution in [0.4, 0.5) is 0 Å². The Kier molecular flexibility index (Phi) is 3.95. The fraction of sp³-hybridized carbons (Fsp3) is 0.750. The molecule has 1 fully saturated rings. The van der Waals surface area contributed by atoms with Crippen molar-refractivity contribution < 1.29 is 0 Å². The summed E-state index contributed by atoms with van der Waals surface area (Å²) in [6.07, 6.45) is 2.50. The van der Waals surface area contributed by atoms with Crippen LogP contribution >= 0.6 is 11.3 Å². The molecule has 0 spiro atoms. The molecule has 2 rings (SSSR count). The molecule has 3 nitrogen and oxygen atoms in total. The van der Waals surface area contributed by atoms with Crippen LogP contribution in [-0.4, -0.2) is 29.5 Å². The van der Waals surface area contributed by atoms with Crippen molar-refractivity contribution in [3.63, 3.8) is 0 Å². The van der Waals surface area contributed by atoms with Crippen LogP contribution in [0.3, 0.4) is 0 Å². The van der Waals surface area contributed by atoms with Gasteiger partial charge in [0.15, 0.2) is 0 Å². The maximum absolute atomic E-state index is 5.70. The molecule has 0 radical (unpaired) electrons. The minimum absolute atomic E-state index is 0.746. The molecule has 1 saturated heterocycles. The molecule has 0 bridgehead atoms. The lowest BCUT2D eigenvalue weighted by atomic mass is 9.97. The molecular formula is C12H21N3S. The summed E-state index contributed by atoms with van der Waals surface area (Å²) in [5, 5.41) is 1.26. The van der Waals surface area contributed by atoms with Gasteiger partial charge in [-0.25, -0.2) is 4.98 Å². The number of nitrogens with two attached hydrogens (primary N) is 1. The van der Waals surface area contributed by atoms with E-state index >= 15 is 0 Å². The third kappa shape index (κ3) is 2.81. The minimum atomic E-state index is 0.746. The summed E-state index contributed by atoms with van der Waals surface area (Å²) >= 11 is 1.84. The van der Waals surface area contributed by atoms with Crippen LogP contribution in [-0.2, 0) is 6.54 Å². The molecule has 0 aromatic carbocycles. The largest absolute Gasteiger partial charge is 0.330 e. The number of piperidine rings is 1. The molecule has 90 valence electrons. The van der Waals surface area contributed by atoms with E-state index in [0.717, 1.165) is 19.0 Å². The van der Waals surface area contributed by atoms with E-state index in [1.807, 2.05) is 11.3 Å². The van der Waals surface area contributed by atoms with Crippen molar-refractivity contribution in [1.82, 2.24) is 9.88 Å². The second-order valence-electron chi connectivity index (χ2n) is 4.70.